The number of nitrogens with zero attached hydrogens (tertiary/aromatic N) is 1. The van der Waals surface area contributed by atoms with Crippen LogP contribution in [0.4, 0.5) is 17.6 Å². The van der Waals surface area contributed by atoms with E-state index >= 15 is 0 Å². The van der Waals surface area contributed by atoms with E-state index in [0.717, 1.165) is 22.1 Å². The number of aryl methyl sites for hydroxylation is 1. The molecule has 1 unspecified atom stereocenters. The first kappa shape index (κ1) is 28.9. The number of hydrogen-bond donors (Lipinski definition) is 2. The van der Waals surface area contributed by atoms with Crippen molar-refractivity contribution in [1.82, 2.24) is 10.2 Å². The highest BCUT2D eigenvalue weighted by Crippen LogP contribution is 2.44. The number of benzene rings is 3. The van der Waals surface area contributed by atoms with Crippen LogP contribution in [0.5, 0.6) is 11.5 Å². The summed E-state index contributed by atoms with van der Waals surface area (Å²) < 4.78 is 60.3. The van der Waals surface area contributed by atoms with Crippen LogP contribution in [-0.2, 0) is 22.6 Å². The quantitative estimate of drug-likeness (QED) is 0.285. The van der Waals surface area contributed by atoms with E-state index in [-0.39, 0.29) is 36.3 Å². The average Bonchev–Trinajstić information content (AvgIpc) is 2.93. The molecule has 40 heavy (non-hydrogen) atoms. The zero-order valence-electron chi connectivity index (χ0n) is 21.8. The molecule has 10 heteroatoms. The van der Waals surface area contributed by atoms with Gasteiger partial charge >= 0.3 is 0 Å². The molecule has 1 aliphatic rings. The minimum atomic E-state index is -2.99. The molecule has 1 atom stereocenters. The number of alkyl halides is 4. The number of amides is 2. The second kappa shape index (κ2) is 12.4. The minimum absolute atomic E-state index is 0.0564. The Labute approximate surface area is 229 Å². The van der Waals surface area contributed by atoms with Crippen LogP contribution in [0, 0.1) is 0 Å². The lowest BCUT2D eigenvalue weighted by Crippen LogP contribution is -2.56. The first-order valence-electron chi connectivity index (χ1n) is 12.8. The molecule has 0 spiro atoms. The van der Waals surface area contributed by atoms with Crippen molar-refractivity contribution in [3.05, 3.63) is 95.1 Å². The van der Waals surface area contributed by atoms with Gasteiger partial charge in [-0.1, -0.05) is 42.5 Å². The molecule has 0 aliphatic heterocycles. The van der Waals surface area contributed by atoms with E-state index in [4.69, 9.17) is 4.74 Å². The predicted molar refractivity (Wildman–Crippen MR) is 140 cm³/mol. The molecule has 0 heterocycles. The monoisotopic (exact) mass is 558 g/mol. The van der Waals surface area contributed by atoms with Crippen molar-refractivity contribution in [2.45, 2.75) is 56.7 Å². The highest BCUT2D eigenvalue weighted by molar-refractivity contribution is 5.89. The highest BCUT2D eigenvalue weighted by Gasteiger charge is 2.51. The summed E-state index contributed by atoms with van der Waals surface area (Å²) in [7, 11) is 1.52. The van der Waals surface area contributed by atoms with Gasteiger partial charge in [-0.05, 0) is 53.4 Å². The minimum Gasteiger partial charge on any atom is -0.508 e. The first-order valence-corrected chi connectivity index (χ1v) is 12.8. The second-order valence-corrected chi connectivity index (χ2v) is 9.82. The van der Waals surface area contributed by atoms with Gasteiger partial charge in [0.15, 0.2) is 0 Å². The molecule has 2 N–H and O–H groups in total. The van der Waals surface area contributed by atoms with Crippen molar-refractivity contribution < 1.29 is 37.0 Å². The van der Waals surface area contributed by atoms with Gasteiger partial charge in [0.05, 0.1) is 7.11 Å². The molecule has 0 aromatic heterocycles. The SMILES string of the molecule is COc1ccc(CNC(=O)C(c2cccc(C(F)F)c2)N(C(=O)CCc2ccc(O)cc2)C2CC(F)(F)C2)cc1. The van der Waals surface area contributed by atoms with E-state index in [9.17, 15) is 32.3 Å². The van der Waals surface area contributed by atoms with E-state index < -0.39 is 49.1 Å². The lowest BCUT2D eigenvalue weighted by molar-refractivity contribution is -0.164. The van der Waals surface area contributed by atoms with Crippen LogP contribution in [0.1, 0.15) is 54.0 Å². The van der Waals surface area contributed by atoms with Crippen LogP contribution >= 0.6 is 0 Å². The number of aromatic hydroxyl groups is 1. The summed E-state index contributed by atoms with van der Waals surface area (Å²) in [6.45, 7) is 0.0598. The molecular weight excluding hydrogens is 528 g/mol. The summed E-state index contributed by atoms with van der Waals surface area (Å²) >= 11 is 0. The Bertz CT molecular complexity index is 1310. The number of carbonyl (C=O) groups excluding carboxylic acids is 2. The van der Waals surface area contributed by atoms with Crippen molar-refractivity contribution in [3.8, 4) is 11.5 Å². The van der Waals surface area contributed by atoms with Gasteiger partial charge in [-0.15, -0.1) is 0 Å². The maximum Gasteiger partial charge on any atom is 0.263 e. The summed E-state index contributed by atoms with van der Waals surface area (Å²) in [5.74, 6) is -3.54. The molecule has 4 rings (SSSR count). The molecule has 6 nitrogen and oxygen atoms in total. The fourth-order valence-electron chi connectivity index (χ4n) is 4.76. The number of methoxy groups -OCH3 is 1. The number of hydrogen-bond acceptors (Lipinski definition) is 4. The molecule has 0 bridgehead atoms. The maximum atomic E-state index is 14.0. The van der Waals surface area contributed by atoms with Crippen LogP contribution in [0.2, 0.25) is 0 Å². The Morgan fingerprint density at radius 1 is 1.00 bits per heavy atom. The number of phenolic OH excluding ortho intramolecular Hbond substituents is 1. The molecule has 212 valence electrons. The molecular formula is C30H30F4N2O4. The van der Waals surface area contributed by atoms with E-state index in [1.807, 2.05) is 0 Å². The van der Waals surface area contributed by atoms with Gasteiger partial charge in [0.25, 0.3) is 12.3 Å². The first-order chi connectivity index (χ1) is 19.1. The van der Waals surface area contributed by atoms with Gasteiger partial charge in [0.2, 0.25) is 11.8 Å². The number of ether oxygens (including phenoxy) is 1. The molecule has 1 saturated carbocycles. The van der Waals surface area contributed by atoms with E-state index in [2.05, 4.69) is 5.32 Å². The fourth-order valence-corrected chi connectivity index (χ4v) is 4.76. The molecule has 2 amide bonds. The maximum absolute atomic E-state index is 14.0. The number of carbonyl (C=O) groups is 2. The summed E-state index contributed by atoms with van der Waals surface area (Å²) in [5, 5.41) is 12.3. The third-order valence-electron chi connectivity index (χ3n) is 6.94. The van der Waals surface area contributed by atoms with E-state index in [1.54, 1.807) is 36.4 Å². The molecule has 3 aromatic carbocycles. The van der Waals surface area contributed by atoms with Crippen molar-refractivity contribution >= 4 is 11.8 Å². The average molecular weight is 559 g/mol. The molecule has 1 fully saturated rings. The second-order valence-electron chi connectivity index (χ2n) is 9.82. The standard InChI is InChI=1S/C30H30F4N2O4/c1-40-25-12-7-20(8-13-25)18-35-29(39)27(21-3-2-4-22(15-21)28(31)32)36(23-16-30(33,34)17-23)26(38)14-9-19-5-10-24(37)11-6-19/h2-8,10-13,15,23,27-28,37H,9,14,16-18H2,1H3,(H,35,39). The third-order valence-corrected chi connectivity index (χ3v) is 6.94. The zero-order chi connectivity index (χ0) is 28.9. The van der Waals surface area contributed by atoms with Gasteiger partial charge in [-0.25, -0.2) is 17.6 Å². The van der Waals surface area contributed by atoms with E-state index in [0.29, 0.717) is 5.75 Å². The summed E-state index contributed by atoms with van der Waals surface area (Å²) in [4.78, 5) is 28.4. The molecule has 0 radical (unpaired) electrons. The van der Waals surface area contributed by atoms with Crippen molar-refractivity contribution in [3.63, 3.8) is 0 Å². The normalized spacial score (nSPS) is 15.2. The summed E-state index contributed by atoms with van der Waals surface area (Å²) in [5.41, 5.74) is 1.21. The lowest BCUT2D eigenvalue weighted by Gasteiger charge is -2.45. The van der Waals surface area contributed by atoms with Gasteiger partial charge in [-0.2, -0.15) is 0 Å². The number of phenols is 1. The Balaban J connectivity index is 1.64. The van der Waals surface area contributed by atoms with Crippen molar-refractivity contribution in [1.29, 1.82) is 0 Å². The number of halogens is 4. The van der Waals surface area contributed by atoms with E-state index in [1.165, 1.54) is 37.4 Å². The number of nitrogens with one attached hydrogen (secondary N) is 1. The third kappa shape index (κ3) is 7.11. The van der Waals surface area contributed by atoms with Crippen LogP contribution in [-0.4, -0.2) is 40.9 Å². The van der Waals surface area contributed by atoms with Gasteiger partial charge in [-0.3, -0.25) is 9.59 Å². The van der Waals surface area contributed by atoms with Gasteiger partial charge in [0, 0.05) is 37.4 Å². The highest BCUT2D eigenvalue weighted by atomic mass is 19.3. The van der Waals surface area contributed by atoms with Crippen molar-refractivity contribution in [2.24, 2.45) is 0 Å². The Hall–Kier alpha value is -4.08. The lowest BCUT2D eigenvalue weighted by atomic mass is 9.84. The van der Waals surface area contributed by atoms with Crippen molar-refractivity contribution in [2.75, 3.05) is 7.11 Å². The molecule has 1 aliphatic carbocycles. The van der Waals surface area contributed by atoms with Crippen LogP contribution in [0.3, 0.4) is 0 Å². The Morgan fingerprint density at radius 2 is 1.62 bits per heavy atom. The Kier molecular flexibility index (Phi) is 8.96. The van der Waals surface area contributed by atoms with Crippen LogP contribution < -0.4 is 10.1 Å². The van der Waals surface area contributed by atoms with Gasteiger partial charge in [0.1, 0.15) is 17.5 Å². The van der Waals surface area contributed by atoms with Crippen LogP contribution in [0.15, 0.2) is 72.8 Å². The number of rotatable bonds is 11. The predicted octanol–water partition coefficient (Wildman–Crippen LogP) is 5.96. The summed E-state index contributed by atoms with van der Waals surface area (Å²) in [6.07, 6.45) is -3.96. The largest absolute Gasteiger partial charge is 0.508 e. The molecule has 0 saturated heterocycles. The molecule has 3 aromatic rings. The smallest absolute Gasteiger partial charge is 0.263 e. The van der Waals surface area contributed by atoms with Gasteiger partial charge < -0.3 is 20.1 Å². The zero-order valence-corrected chi connectivity index (χ0v) is 21.8. The van der Waals surface area contributed by atoms with Crippen LogP contribution in [0.25, 0.3) is 0 Å². The fraction of sp³-hybridized carbons (Fsp3) is 0.333. The Morgan fingerprint density at radius 3 is 2.23 bits per heavy atom. The topological polar surface area (TPSA) is 78.9 Å². The summed E-state index contributed by atoms with van der Waals surface area (Å²) in [6, 6.07) is 15.9.